The van der Waals surface area contributed by atoms with Gasteiger partial charge in [-0.3, -0.25) is 4.79 Å². The lowest BCUT2D eigenvalue weighted by Gasteiger charge is -2.27. The van der Waals surface area contributed by atoms with Crippen molar-refractivity contribution in [2.45, 2.75) is 19.3 Å². The van der Waals surface area contributed by atoms with Crippen molar-refractivity contribution < 1.29 is 14.3 Å². The van der Waals surface area contributed by atoms with Crippen molar-refractivity contribution in [2.75, 3.05) is 37.5 Å². The second kappa shape index (κ2) is 9.13. The largest absolute Gasteiger partial charge is 0.493 e. The third kappa shape index (κ3) is 4.38. The van der Waals surface area contributed by atoms with Crippen LogP contribution in [0.15, 0.2) is 41.9 Å². The number of benzene rings is 1. The van der Waals surface area contributed by atoms with Gasteiger partial charge in [-0.05, 0) is 43.5 Å². The van der Waals surface area contributed by atoms with E-state index in [0.717, 1.165) is 29.5 Å². The molecule has 1 amide bonds. The maximum Gasteiger partial charge on any atom is 0.275 e. The van der Waals surface area contributed by atoms with Gasteiger partial charge in [0, 0.05) is 42.0 Å². The van der Waals surface area contributed by atoms with Crippen LogP contribution in [0, 0.1) is 0 Å². The molecule has 3 heterocycles. The van der Waals surface area contributed by atoms with Crippen molar-refractivity contribution >= 4 is 28.7 Å². The van der Waals surface area contributed by atoms with Crippen LogP contribution < -0.4 is 19.7 Å². The molecule has 0 aliphatic carbocycles. The first-order valence-corrected chi connectivity index (χ1v) is 10.8. The first-order chi connectivity index (χ1) is 14.7. The zero-order valence-corrected chi connectivity index (χ0v) is 17.9. The van der Waals surface area contributed by atoms with Gasteiger partial charge in [-0.25, -0.2) is 9.97 Å². The minimum Gasteiger partial charge on any atom is -0.493 e. The number of piperidine rings is 1. The average molecular weight is 425 g/mol. The van der Waals surface area contributed by atoms with Gasteiger partial charge in [-0.2, -0.15) is 0 Å². The predicted molar refractivity (Wildman–Crippen MR) is 119 cm³/mol. The molecule has 0 saturated carbocycles. The highest BCUT2D eigenvalue weighted by Crippen LogP contribution is 2.30. The third-order valence-electron chi connectivity index (χ3n) is 5.05. The normalized spacial score (nSPS) is 13.7. The van der Waals surface area contributed by atoms with Crippen molar-refractivity contribution in [1.29, 1.82) is 0 Å². The van der Waals surface area contributed by atoms with E-state index in [-0.39, 0.29) is 5.91 Å². The first-order valence-electron chi connectivity index (χ1n) is 9.88. The molecule has 0 atom stereocenters. The molecule has 0 radical (unpaired) electrons. The molecule has 2 aromatic heterocycles. The van der Waals surface area contributed by atoms with Crippen LogP contribution in [0.5, 0.6) is 11.5 Å². The van der Waals surface area contributed by atoms with Gasteiger partial charge in [0.05, 0.1) is 14.2 Å². The SMILES string of the molecule is COc1ccc(NC(=O)c2csc(-c3ccc(N4CCCCC4)nc3)n2)cc1OC. The zero-order chi connectivity index (χ0) is 20.9. The summed E-state index contributed by atoms with van der Waals surface area (Å²) in [6.45, 7) is 2.12. The summed E-state index contributed by atoms with van der Waals surface area (Å²) in [4.78, 5) is 24.0. The number of methoxy groups -OCH3 is 2. The van der Waals surface area contributed by atoms with Gasteiger partial charge in [-0.15, -0.1) is 11.3 Å². The van der Waals surface area contributed by atoms with Crippen LogP contribution in [-0.2, 0) is 0 Å². The fourth-order valence-electron chi connectivity index (χ4n) is 3.44. The molecule has 4 rings (SSSR count). The van der Waals surface area contributed by atoms with E-state index in [4.69, 9.17) is 9.47 Å². The van der Waals surface area contributed by atoms with Gasteiger partial charge in [0.2, 0.25) is 0 Å². The maximum absolute atomic E-state index is 12.6. The number of thiazole rings is 1. The van der Waals surface area contributed by atoms with Crippen LogP contribution in [-0.4, -0.2) is 43.2 Å². The van der Waals surface area contributed by atoms with Gasteiger partial charge in [-0.1, -0.05) is 0 Å². The van der Waals surface area contributed by atoms with Gasteiger partial charge in [0.15, 0.2) is 11.5 Å². The summed E-state index contributed by atoms with van der Waals surface area (Å²) in [5.74, 6) is 1.88. The molecule has 7 nitrogen and oxygen atoms in total. The monoisotopic (exact) mass is 424 g/mol. The molecule has 8 heteroatoms. The van der Waals surface area contributed by atoms with E-state index in [2.05, 4.69) is 20.2 Å². The topological polar surface area (TPSA) is 76.6 Å². The number of nitrogens with one attached hydrogen (secondary N) is 1. The summed E-state index contributed by atoms with van der Waals surface area (Å²) in [6, 6.07) is 9.27. The minimum atomic E-state index is -0.275. The Balaban J connectivity index is 1.45. The highest BCUT2D eigenvalue weighted by Gasteiger charge is 2.15. The fraction of sp³-hybridized carbons (Fsp3) is 0.318. The Bertz CT molecular complexity index is 1010. The molecular formula is C22H24N4O3S. The van der Waals surface area contributed by atoms with E-state index in [9.17, 15) is 4.79 Å². The predicted octanol–water partition coefficient (Wildman–Crippen LogP) is 4.46. The number of carbonyl (C=O) groups is 1. The van der Waals surface area contributed by atoms with Gasteiger partial charge < -0.3 is 19.7 Å². The van der Waals surface area contributed by atoms with E-state index in [1.54, 1.807) is 37.8 Å². The van der Waals surface area contributed by atoms with Crippen molar-refractivity contribution in [1.82, 2.24) is 9.97 Å². The number of rotatable bonds is 6. The Morgan fingerprint density at radius 2 is 1.87 bits per heavy atom. The molecule has 1 N–H and O–H groups in total. The highest BCUT2D eigenvalue weighted by atomic mass is 32.1. The second-order valence-corrected chi connectivity index (χ2v) is 7.87. The lowest BCUT2D eigenvalue weighted by molar-refractivity contribution is 0.102. The van der Waals surface area contributed by atoms with Crippen LogP contribution >= 0.6 is 11.3 Å². The van der Waals surface area contributed by atoms with Crippen LogP contribution in [0.25, 0.3) is 10.6 Å². The summed E-state index contributed by atoms with van der Waals surface area (Å²) in [5, 5.41) is 5.37. The molecule has 1 fully saturated rings. The molecule has 3 aromatic rings. The third-order valence-corrected chi connectivity index (χ3v) is 5.94. The molecular weight excluding hydrogens is 400 g/mol. The molecule has 1 aromatic carbocycles. The summed E-state index contributed by atoms with van der Waals surface area (Å²) in [6.07, 6.45) is 5.56. The Hall–Kier alpha value is -3.13. The number of anilines is 2. The van der Waals surface area contributed by atoms with E-state index < -0.39 is 0 Å². The fourth-order valence-corrected chi connectivity index (χ4v) is 4.23. The standard InChI is InChI=1S/C22H24N4O3S/c1-28-18-8-7-16(12-19(18)29-2)24-21(27)17-14-30-22(25-17)15-6-9-20(23-13-15)26-10-4-3-5-11-26/h6-9,12-14H,3-5,10-11H2,1-2H3,(H,24,27). The van der Waals surface area contributed by atoms with Gasteiger partial charge >= 0.3 is 0 Å². The van der Waals surface area contributed by atoms with Crippen molar-refractivity contribution in [3.05, 3.63) is 47.6 Å². The molecule has 0 bridgehead atoms. The second-order valence-electron chi connectivity index (χ2n) is 7.01. The Morgan fingerprint density at radius 3 is 2.57 bits per heavy atom. The summed E-state index contributed by atoms with van der Waals surface area (Å²) >= 11 is 1.43. The molecule has 1 aliphatic heterocycles. The summed E-state index contributed by atoms with van der Waals surface area (Å²) < 4.78 is 10.5. The number of nitrogens with zero attached hydrogens (tertiary/aromatic N) is 3. The molecule has 156 valence electrons. The first kappa shape index (κ1) is 20.2. The van der Waals surface area contributed by atoms with Crippen LogP contribution in [0.1, 0.15) is 29.8 Å². The number of pyridine rings is 1. The molecule has 0 spiro atoms. The summed E-state index contributed by atoms with van der Waals surface area (Å²) in [5.41, 5.74) is 1.88. The van der Waals surface area contributed by atoms with Crippen LogP contribution in [0.3, 0.4) is 0 Å². The Morgan fingerprint density at radius 1 is 1.07 bits per heavy atom. The number of amides is 1. The number of hydrogen-bond acceptors (Lipinski definition) is 7. The van der Waals surface area contributed by atoms with E-state index in [1.807, 2.05) is 18.3 Å². The number of hydrogen-bond donors (Lipinski definition) is 1. The molecule has 0 unspecified atom stereocenters. The number of ether oxygens (including phenoxy) is 2. The zero-order valence-electron chi connectivity index (χ0n) is 17.1. The van der Waals surface area contributed by atoms with E-state index in [0.29, 0.717) is 22.9 Å². The quantitative estimate of drug-likeness (QED) is 0.629. The lowest BCUT2D eigenvalue weighted by atomic mass is 10.1. The van der Waals surface area contributed by atoms with Crippen molar-refractivity contribution in [3.63, 3.8) is 0 Å². The molecule has 1 saturated heterocycles. The van der Waals surface area contributed by atoms with Gasteiger partial charge in [0.25, 0.3) is 5.91 Å². The van der Waals surface area contributed by atoms with Crippen molar-refractivity contribution in [3.8, 4) is 22.1 Å². The number of carbonyl (C=O) groups excluding carboxylic acids is 1. The smallest absolute Gasteiger partial charge is 0.275 e. The number of aromatic nitrogens is 2. The minimum absolute atomic E-state index is 0.275. The molecule has 1 aliphatic rings. The van der Waals surface area contributed by atoms with Crippen LogP contribution in [0.4, 0.5) is 11.5 Å². The summed E-state index contributed by atoms with van der Waals surface area (Å²) in [7, 11) is 3.13. The Labute approximate surface area is 179 Å². The van der Waals surface area contributed by atoms with Gasteiger partial charge in [0.1, 0.15) is 16.5 Å². The average Bonchev–Trinajstić information content (AvgIpc) is 3.30. The van der Waals surface area contributed by atoms with E-state index in [1.165, 1.54) is 30.6 Å². The maximum atomic E-state index is 12.6. The Kier molecular flexibility index (Phi) is 6.13. The molecule has 30 heavy (non-hydrogen) atoms. The van der Waals surface area contributed by atoms with Crippen LogP contribution in [0.2, 0.25) is 0 Å². The lowest BCUT2D eigenvalue weighted by Crippen LogP contribution is -2.29. The van der Waals surface area contributed by atoms with Crippen molar-refractivity contribution in [2.24, 2.45) is 0 Å². The van der Waals surface area contributed by atoms with E-state index >= 15 is 0 Å². The highest BCUT2D eigenvalue weighted by molar-refractivity contribution is 7.13.